The molecule has 3 heteroatoms. The monoisotopic (exact) mass is 288 g/mol. The van der Waals surface area contributed by atoms with Crippen LogP contribution < -0.4 is 0 Å². The molecule has 1 unspecified atom stereocenters. The van der Waals surface area contributed by atoms with Crippen molar-refractivity contribution in [2.24, 2.45) is 0 Å². The predicted molar refractivity (Wildman–Crippen MR) is 68.7 cm³/mol. The van der Waals surface area contributed by atoms with Gasteiger partial charge in [-0.15, -0.1) is 11.3 Å². The van der Waals surface area contributed by atoms with Crippen molar-refractivity contribution in [3.63, 3.8) is 0 Å². The Morgan fingerprint density at radius 3 is 2.40 bits per heavy atom. The maximum Gasteiger partial charge on any atom is 0.0609 e. The zero-order valence-electron chi connectivity index (χ0n) is 9.22. The van der Waals surface area contributed by atoms with Crippen molar-refractivity contribution in [1.82, 2.24) is 0 Å². The molecule has 1 nitrogen and oxygen atoms in total. The van der Waals surface area contributed by atoms with Crippen molar-refractivity contribution >= 4 is 27.3 Å². The van der Waals surface area contributed by atoms with E-state index >= 15 is 0 Å². The Bertz CT molecular complexity index is 359. The van der Waals surface area contributed by atoms with Gasteiger partial charge in [0.1, 0.15) is 0 Å². The molecule has 0 bridgehead atoms. The van der Waals surface area contributed by atoms with Gasteiger partial charge in [-0.25, -0.2) is 0 Å². The third kappa shape index (κ3) is 2.15. The van der Waals surface area contributed by atoms with Gasteiger partial charge in [0.05, 0.1) is 6.10 Å². The van der Waals surface area contributed by atoms with Gasteiger partial charge in [0.25, 0.3) is 0 Å². The van der Waals surface area contributed by atoms with Crippen molar-refractivity contribution in [2.75, 3.05) is 0 Å². The minimum absolute atomic E-state index is 0.136. The van der Waals surface area contributed by atoms with Crippen LogP contribution >= 0.6 is 27.3 Å². The molecule has 1 aliphatic carbocycles. The molecule has 1 fully saturated rings. The molecule has 0 amide bonds. The van der Waals surface area contributed by atoms with Crippen LogP contribution in [0.5, 0.6) is 0 Å². The summed E-state index contributed by atoms with van der Waals surface area (Å²) in [6.45, 7) is 4.31. The zero-order valence-corrected chi connectivity index (χ0v) is 11.6. The highest BCUT2D eigenvalue weighted by Crippen LogP contribution is 2.43. The number of aliphatic hydroxyl groups excluding tert-OH is 1. The standard InChI is InChI=1S/C12H17BrOS/c1-7-11(12(13)8(2)15-7)9-5-3-4-6-10(9)14/h9-10,14H,3-6H2,1-2H3/t9?,10-/m0/s1. The van der Waals surface area contributed by atoms with E-state index < -0.39 is 0 Å². The maximum absolute atomic E-state index is 10.1. The molecule has 1 N–H and O–H groups in total. The van der Waals surface area contributed by atoms with E-state index in [1.54, 1.807) is 0 Å². The van der Waals surface area contributed by atoms with E-state index in [1.807, 2.05) is 11.3 Å². The third-order valence-corrected chi connectivity index (χ3v) is 5.65. The second kappa shape index (κ2) is 4.56. The van der Waals surface area contributed by atoms with E-state index in [-0.39, 0.29) is 6.10 Å². The number of hydrogen-bond acceptors (Lipinski definition) is 2. The molecule has 1 aromatic heterocycles. The fraction of sp³-hybridized carbons (Fsp3) is 0.667. The predicted octanol–water partition coefficient (Wildman–Crippen LogP) is 4.15. The van der Waals surface area contributed by atoms with Crippen molar-refractivity contribution in [3.05, 3.63) is 19.8 Å². The maximum atomic E-state index is 10.1. The second-order valence-electron chi connectivity index (χ2n) is 4.40. The van der Waals surface area contributed by atoms with Gasteiger partial charge in [-0.3, -0.25) is 0 Å². The van der Waals surface area contributed by atoms with Crippen LogP contribution in [0.4, 0.5) is 0 Å². The van der Waals surface area contributed by atoms with Crippen LogP contribution in [-0.2, 0) is 0 Å². The van der Waals surface area contributed by atoms with Gasteiger partial charge < -0.3 is 5.11 Å². The second-order valence-corrected chi connectivity index (χ2v) is 6.62. The number of thiophene rings is 1. The molecule has 1 saturated carbocycles. The topological polar surface area (TPSA) is 20.2 Å². The first-order valence-corrected chi connectivity index (χ1v) is 7.15. The zero-order chi connectivity index (χ0) is 11.0. The molecule has 15 heavy (non-hydrogen) atoms. The molecule has 1 aromatic rings. The fourth-order valence-electron chi connectivity index (χ4n) is 2.55. The first-order valence-electron chi connectivity index (χ1n) is 5.54. The van der Waals surface area contributed by atoms with E-state index in [4.69, 9.17) is 0 Å². The summed E-state index contributed by atoms with van der Waals surface area (Å²) in [6, 6.07) is 0. The molecule has 1 aliphatic rings. The van der Waals surface area contributed by atoms with Crippen LogP contribution in [0.2, 0.25) is 0 Å². The molecular weight excluding hydrogens is 272 g/mol. The van der Waals surface area contributed by atoms with E-state index in [1.165, 1.54) is 32.6 Å². The highest BCUT2D eigenvalue weighted by Gasteiger charge is 2.28. The fourth-order valence-corrected chi connectivity index (χ4v) is 4.53. The lowest BCUT2D eigenvalue weighted by molar-refractivity contribution is 0.106. The number of rotatable bonds is 1. The molecule has 0 spiro atoms. The van der Waals surface area contributed by atoms with Crippen LogP contribution in [0.15, 0.2) is 4.47 Å². The smallest absolute Gasteiger partial charge is 0.0609 e. The Labute approximate surface area is 104 Å². The number of aryl methyl sites for hydroxylation is 2. The highest BCUT2D eigenvalue weighted by molar-refractivity contribution is 9.10. The van der Waals surface area contributed by atoms with Crippen molar-refractivity contribution in [1.29, 1.82) is 0 Å². The minimum Gasteiger partial charge on any atom is -0.392 e. The van der Waals surface area contributed by atoms with Gasteiger partial charge in [0.2, 0.25) is 0 Å². The van der Waals surface area contributed by atoms with Gasteiger partial charge in [0, 0.05) is 20.1 Å². The van der Waals surface area contributed by atoms with Gasteiger partial charge >= 0.3 is 0 Å². The quantitative estimate of drug-likeness (QED) is 0.823. The normalized spacial score (nSPS) is 26.9. The summed E-state index contributed by atoms with van der Waals surface area (Å²) < 4.78 is 1.23. The Morgan fingerprint density at radius 1 is 1.20 bits per heavy atom. The van der Waals surface area contributed by atoms with Gasteiger partial charge in [-0.1, -0.05) is 12.8 Å². The molecule has 0 radical (unpaired) electrons. The van der Waals surface area contributed by atoms with Crippen LogP contribution in [0, 0.1) is 13.8 Å². The summed E-state index contributed by atoms with van der Waals surface area (Å²) in [5.41, 5.74) is 1.37. The third-order valence-electron chi connectivity index (χ3n) is 3.33. The van der Waals surface area contributed by atoms with Crippen molar-refractivity contribution < 1.29 is 5.11 Å². The van der Waals surface area contributed by atoms with Gasteiger partial charge in [-0.05, 0) is 48.2 Å². The lowest BCUT2D eigenvalue weighted by atomic mass is 9.82. The summed E-state index contributed by atoms with van der Waals surface area (Å²) in [4.78, 5) is 2.70. The Morgan fingerprint density at radius 2 is 1.87 bits per heavy atom. The lowest BCUT2D eigenvalue weighted by Gasteiger charge is -2.28. The Hall–Kier alpha value is 0.140. The van der Waals surface area contributed by atoms with Crippen molar-refractivity contribution in [2.45, 2.75) is 51.6 Å². The van der Waals surface area contributed by atoms with Crippen molar-refractivity contribution in [3.8, 4) is 0 Å². The average molecular weight is 289 g/mol. The lowest BCUT2D eigenvalue weighted by Crippen LogP contribution is -2.22. The van der Waals surface area contributed by atoms with E-state index in [0.29, 0.717) is 5.92 Å². The largest absolute Gasteiger partial charge is 0.392 e. The molecule has 2 atom stereocenters. The molecule has 1 heterocycles. The van der Waals surface area contributed by atoms with Crippen LogP contribution in [0.25, 0.3) is 0 Å². The summed E-state index contributed by atoms with van der Waals surface area (Å²) in [5, 5.41) is 10.1. The Balaban J connectivity index is 2.35. The first kappa shape index (κ1) is 11.6. The summed E-state index contributed by atoms with van der Waals surface area (Å²) in [7, 11) is 0. The van der Waals surface area contributed by atoms with Gasteiger partial charge in [-0.2, -0.15) is 0 Å². The summed E-state index contributed by atoms with van der Waals surface area (Å²) in [6.07, 6.45) is 4.39. The van der Waals surface area contributed by atoms with Gasteiger partial charge in [0.15, 0.2) is 0 Å². The minimum atomic E-state index is -0.136. The number of hydrogen-bond donors (Lipinski definition) is 1. The summed E-state index contributed by atoms with van der Waals surface area (Å²) >= 11 is 5.50. The van der Waals surface area contributed by atoms with Crippen LogP contribution in [-0.4, -0.2) is 11.2 Å². The molecule has 0 aliphatic heterocycles. The molecular formula is C12H17BrOS. The molecule has 84 valence electrons. The first-order chi connectivity index (χ1) is 7.11. The van der Waals surface area contributed by atoms with E-state index in [0.717, 1.165) is 12.8 Å². The molecule has 0 aromatic carbocycles. The number of halogens is 1. The molecule has 0 saturated heterocycles. The van der Waals surface area contributed by atoms with Crippen LogP contribution in [0.1, 0.15) is 46.9 Å². The highest BCUT2D eigenvalue weighted by atomic mass is 79.9. The summed E-state index contributed by atoms with van der Waals surface area (Å²) in [5.74, 6) is 0.359. The SMILES string of the molecule is Cc1sc(C)c(C2CCCC[C@@H]2O)c1Br. The molecule has 2 rings (SSSR count). The average Bonchev–Trinajstić information content (AvgIpc) is 2.43. The van der Waals surface area contributed by atoms with E-state index in [9.17, 15) is 5.11 Å². The number of aliphatic hydroxyl groups is 1. The Kier molecular flexibility index (Phi) is 3.53. The van der Waals surface area contributed by atoms with E-state index in [2.05, 4.69) is 29.8 Å². The van der Waals surface area contributed by atoms with Crippen LogP contribution in [0.3, 0.4) is 0 Å².